The topological polar surface area (TPSA) is 89.6 Å². The molecule has 3 N–H and O–H groups in total. The summed E-state index contributed by atoms with van der Waals surface area (Å²) in [6.45, 7) is 4.04. The van der Waals surface area contributed by atoms with Crippen molar-refractivity contribution in [2.24, 2.45) is 11.7 Å². The summed E-state index contributed by atoms with van der Waals surface area (Å²) in [6, 6.07) is 18.3. The number of hydrogen-bond donors (Lipinski definition) is 2. The summed E-state index contributed by atoms with van der Waals surface area (Å²) in [5.41, 5.74) is 14.0. The molecule has 9 heteroatoms. The van der Waals surface area contributed by atoms with Crippen LogP contribution >= 0.6 is 11.3 Å². The summed E-state index contributed by atoms with van der Waals surface area (Å²) >= 11 is 1.67. The molecule has 1 saturated heterocycles. The van der Waals surface area contributed by atoms with E-state index in [2.05, 4.69) is 47.1 Å². The van der Waals surface area contributed by atoms with Crippen molar-refractivity contribution in [3.63, 3.8) is 0 Å². The second-order valence-electron chi connectivity index (χ2n) is 12.8. The molecule has 3 aliphatic rings. The van der Waals surface area contributed by atoms with E-state index in [1.54, 1.807) is 24.5 Å². The number of piperidine rings is 1. The summed E-state index contributed by atoms with van der Waals surface area (Å²) in [6.07, 6.45) is 1.63. The lowest BCUT2D eigenvalue weighted by molar-refractivity contribution is 0.0606. The van der Waals surface area contributed by atoms with Gasteiger partial charge in [0.2, 0.25) is 0 Å². The molecule has 230 valence electrons. The van der Waals surface area contributed by atoms with E-state index in [9.17, 15) is 14.0 Å². The molecule has 5 aromatic rings. The molecule has 0 radical (unpaired) electrons. The molecule has 2 aliphatic heterocycles. The van der Waals surface area contributed by atoms with Gasteiger partial charge < -0.3 is 25.3 Å². The van der Waals surface area contributed by atoms with Crippen LogP contribution in [0.3, 0.4) is 0 Å². The van der Waals surface area contributed by atoms with Crippen LogP contribution < -0.4 is 15.8 Å². The Balaban J connectivity index is 1.22. The first kappa shape index (κ1) is 28.3. The Labute approximate surface area is 264 Å². The van der Waals surface area contributed by atoms with Gasteiger partial charge in [0.05, 0.1) is 24.2 Å². The number of ether oxygens (including phenoxy) is 1. The highest BCUT2D eigenvalue weighted by atomic mass is 32.1. The highest BCUT2D eigenvalue weighted by Crippen LogP contribution is 2.46. The van der Waals surface area contributed by atoms with Crippen LogP contribution in [0.15, 0.2) is 54.6 Å². The first-order chi connectivity index (χ1) is 21.8. The zero-order valence-electron chi connectivity index (χ0n) is 25.4. The highest BCUT2D eigenvalue weighted by molar-refractivity contribution is 7.22. The molecule has 3 aromatic carbocycles. The van der Waals surface area contributed by atoms with Crippen molar-refractivity contribution in [1.29, 1.82) is 0 Å². The average Bonchev–Trinajstić information content (AvgIpc) is 3.56. The molecule has 2 amide bonds. The fourth-order valence-electron chi connectivity index (χ4n) is 7.08. The van der Waals surface area contributed by atoms with Gasteiger partial charge in [-0.3, -0.25) is 9.59 Å². The minimum atomic E-state index is -1.11. The maximum absolute atomic E-state index is 14.3. The van der Waals surface area contributed by atoms with Gasteiger partial charge in [-0.15, -0.1) is 11.3 Å². The molecule has 4 heterocycles. The Hall–Kier alpha value is -4.21. The van der Waals surface area contributed by atoms with Crippen molar-refractivity contribution >= 4 is 44.1 Å². The zero-order valence-corrected chi connectivity index (χ0v) is 26.2. The standard InChI is InChI=1S/C36H35FN4O3S/c1-19-33-31(44-2)12-24(36(43)40-17-26(37)14-27(38)18-40)13-32(33)45-34(19)30-11-23-6-5-22(10-29(23)41(30)16-20-3-4-20)21-7-8-28-25(9-21)15-39-35(28)42/h5-13,20,26-27H,3-4,14-18,38H2,1-2H3,(H,39,42)/t26-,27-/m1/s1. The molecular formula is C36H35FN4O3S. The van der Waals surface area contributed by atoms with Crippen LogP contribution in [0.4, 0.5) is 4.39 Å². The molecule has 2 fully saturated rings. The second kappa shape index (κ2) is 10.7. The van der Waals surface area contributed by atoms with E-state index in [1.807, 2.05) is 18.2 Å². The molecule has 2 aromatic heterocycles. The number of aryl methyl sites for hydroxylation is 1. The van der Waals surface area contributed by atoms with Crippen LogP contribution in [0.1, 0.15) is 51.1 Å². The minimum absolute atomic E-state index is 0.00846. The molecule has 45 heavy (non-hydrogen) atoms. The van der Waals surface area contributed by atoms with Gasteiger partial charge in [-0.25, -0.2) is 4.39 Å². The van der Waals surface area contributed by atoms with E-state index in [-0.39, 0.29) is 30.8 Å². The smallest absolute Gasteiger partial charge is 0.254 e. The van der Waals surface area contributed by atoms with E-state index in [4.69, 9.17) is 10.5 Å². The van der Waals surface area contributed by atoms with Gasteiger partial charge in [0.1, 0.15) is 11.9 Å². The van der Waals surface area contributed by atoms with Gasteiger partial charge in [0.25, 0.3) is 11.8 Å². The number of carbonyl (C=O) groups is 2. The SMILES string of the molecule is COc1cc(C(=O)N2C[C@H](N)C[C@@H](F)C2)cc2sc(-c3cc4ccc(-c5ccc6c(c5)CNC6=O)cc4n3CC3CC3)c(C)c12. The van der Waals surface area contributed by atoms with E-state index in [1.165, 1.54) is 28.6 Å². The number of amides is 2. The zero-order chi connectivity index (χ0) is 31.0. The summed E-state index contributed by atoms with van der Waals surface area (Å²) < 4.78 is 23.6. The Morgan fingerprint density at radius 3 is 2.67 bits per heavy atom. The molecular weight excluding hydrogens is 587 g/mol. The summed E-state index contributed by atoms with van der Waals surface area (Å²) in [7, 11) is 1.63. The molecule has 0 unspecified atom stereocenters. The largest absolute Gasteiger partial charge is 0.496 e. The predicted octanol–water partition coefficient (Wildman–Crippen LogP) is 6.67. The minimum Gasteiger partial charge on any atom is -0.496 e. The van der Waals surface area contributed by atoms with Gasteiger partial charge >= 0.3 is 0 Å². The van der Waals surface area contributed by atoms with Crippen LogP contribution in [-0.4, -0.2) is 53.7 Å². The first-order valence-corrected chi connectivity index (χ1v) is 16.4. The van der Waals surface area contributed by atoms with Gasteiger partial charge in [-0.05, 0) is 90.8 Å². The van der Waals surface area contributed by atoms with Gasteiger partial charge in [-0.1, -0.05) is 18.2 Å². The van der Waals surface area contributed by atoms with E-state index < -0.39 is 6.17 Å². The third kappa shape index (κ3) is 4.89. The molecule has 1 saturated carbocycles. The second-order valence-corrected chi connectivity index (χ2v) is 13.9. The van der Waals surface area contributed by atoms with E-state index in [0.717, 1.165) is 55.0 Å². The molecule has 8 rings (SSSR count). The lowest BCUT2D eigenvalue weighted by Gasteiger charge is -2.33. The number of carbonyl (C=O) groups excluding carboxylic acids is 2. The lowest BCUT2D eigenvalue weighted by atomic mass is 9.99. The Morgan fingerprint density at radius 2 is 1.89 bits per heavy atom. The summed E-state index contributed by atoms with van der Waals surface area (Å²) in [4.78, 5) is 28.3. The predicted molar refractivity (Wildman–Crippen MR) is 177 cm³/mol. The van der Waals surface area contributed by atoms with Crippen LogP contribution in [0, 0.1) is 12.8 Å². The van der Waals surface area contributed by atoms with Crippen molar-refractivity contribution in [3.05, 3.63) is 76.9 Å². The van der Waals surface area contributed by atoms with Crippen molar-refractivity contribution in [3.8, 4) is 27.4 Å². The van der Waals surface area contributed by atoms with Crippen molar-refractivity contribution < 1.29 is 18.7 Å². The van der Waals surface area contributed by atoms with Crippen LogP contribution in [-0.2, 0) is 13.1 Å². The van der Waals surface area contributed by atoms with E-state index in [0.29, 0.717) is 30.3 Å². The third-order valence-electron chi connectivity index (χ3n) is 9.58. The number of rotatable bonds is 6. The highest BCUT2D eigenvalue weighted by Gasteiger charge is 2.30. The van der Waals surface area contributed by atoms with Crippen LogP contribution in [0.25, 0.3) is 42.7 Å². The third-order valence-corrected chi connectivity index (χ3v) is 10.8. The molecule has 1 aliphatic carbocycles. The number of fused-ring (bicyclic) bond motifs is 3. The van der Waals surface area contributed by atoms with Crippen LogP contribution in [0.2, 0.25) is 0 Å². The van der Waals surface area contributed by atoms with Gasteiger partial charge in [-0.2, -0.15) is 0 Å². The molecule has 0 spiro atoms. The molecule has 0 bridgehead atoms. The number of likely N-dealkylation sites (tertiary alicyclic amines) is 1. The maximum atomic E-state index is 14.3. The monoisotopic (exact) mass is 622 g/mol. The Morgan fingerprint density at radius 1 is 1.09 bits per heavy atom. The van der Waals surface area contributed by atoms with Crippen LogP contribution in [0.5, 0.6) is 5.75 Å². The Bertz CT molecular complexity index is 2020. The first-order valence-electron chi connectivity index (χ1n) is 15.6. The van der Waals surface area contributed by atoms with Crippen molar-refractivity contribution in [1.82, 2.24) is 14.8 Å². The Kier molecular flexibility index (Phi) is 6.73. The van der Waals surface area contributed by atoms with Crippen molar-refractivity contribution in [2.75, 3.05) is 20.2 Å². The number of halogens is 1. The normalized spacial score (nSPS) is 19.7. The number of aromatic nitrogens is 1. The van der Waals surface area contributed by atoms with E-state index >= 15 is 0 Å². The van der Waals surface area contributed by atoms with Gasteiger partial charge in [0.15, 0.2) is 0 Å². The quantitative estimate of drug-likeness (QED) is 0.221. The molecule has 2 atom stereocenters. The maximum Gasteiger partial charge on any atom is 0.254 e. The number of alkyl halides is 1. The number of nitrogens with one attached hydrogen (secondary N) is 1. The number of nitrogens with two attached hydrogens (primary N) is 1. The number of thiophene rings is 1. The fraction of sp³-hybridized carbons (Fsp3) is 0.333. The van der Waals surface area contributed by atoms with Crippen molar-refractivity contribution in [2.45, 2.75) is 51.5 Å². The lowest BCUT2D eigenvalue weighted by Crippen LogP contribution is -2.50. The molecule has 7 nitrogen and oxygen atoms in total. The number of hydrogen-bond acceptors (Lipinski definition) is 5. The number of benzene rings is 3. The average molecular weight is 623 g/mol. The summed E-state index contributed by atoms with van der Waals surface area (Å²) in [5.74, 6) is 1.07. The van der Waals surface area contributed by atoms with Gasteiger partial charge in [0, 0.05) is 57.8 Å². The fourth-order valence-corrected chi connectivity index (χ4v) is 8.37. The number of nitrogens with zero attached hydrogens (tertiary/aromatic N) is 2. The summed E-state index contributed by atoms with van der Waals surface area (Å²) in [5, 5.41) is 5.09. The number of methoxy groups -OCH3 is 1.